The molecular weight excluding hydrogens is 298 g/mol. The summed E-state index contributed by atoms with van der Waals surface area (Å²) in [7, 11) is 0. The van der Waals surface area contributed by atoms with Gasteiger partial charge in [0.15, 0.2) is 0 Å². The largest absolute Gasteiger partial charge is 0.491 e. The van der Waals surface area contributed by atoms with Crippen molar-refractivity contribution in [3.63, 3.8) is 0 Å². The lowest BCUT2D eigenvalue weighted by Gasteiger charge is -2.21. The molecule has 1 aromatic rings. The number of carbonyl (C=O) groups is 1. The second kappa shape index (κ2) is 4.80. The van der Waals surface area contributed by atoms with Crippen LogP contribution in [0.4, 0.5) is 4.79 Å². The van der Waals surface area contributed by atoms with Crippen molar-refractivity contribution in [2.24, 2.45) is 0 Å². The number of nitrogens with one attached hydrogen (secondary N) is 1. The van der Waals surface area contributed by atoms with Crippen LogP contribution in [-0.2, 0) is 4.74 Å². The van der Waals surface area contributed by atoms with Gasteiger partial charge < -0.3 is 14.8 Å². The summed E-state index contributed by atoms with van der Waals surface area (Å²) < 4.78 is 11.7. The zero-order chi connectivity index (χ0) is 13.3. The first-order valence-electron chi connectivity index (χ1n) is 5.77. The minimum absolute atomic E-state index is 0.160. The van der Waals surface area contributed by atoms with Crippen LogP contribution in [0.5, 0.6) is 5.75 Å². The molecule has 1 atom stereocenters. The van der Waals surface area contributed by atoms with E-state index in [1.807, 2.05) is 39.0 Å². The maximum atomic E-state index is 11.7. The van der Waals surface area contributed by atoms with E-state index in [1.165, 1.54) is 0 Å². The molecule has 0 spiro atoms. The molecular formula is C13H16BrNO3. The number of carbonyl (C=O) groups excluding carboxylic acids is 1. The smallest absolute Gasteiger partial charge is 0.408 e. The third-order valence-corrected chi connectivity index (χ3v) is 2.94. The molecule has 0 saturated carbocycles. The van der Waals surface area contributed by atoms with E-state index in [-0.39, 0.29) is 6.04 Å². The summed E-state index contributed by atoms with van der Waals surface area (Å²) in [5.74, 6) is 0.805. The maximum Gasteiger partial charge on any atom is 0.408 e. The molecule has 18 heavy (non-hydrogen) atoms. The number of benzene rings is 1. The molecule has 2 rings (SSSR count). The van der Waals surface area contributed by atoms with Crippen molar-refractivity contribution < 1.29 is 14.3 Å². The normalized spacial score (nSPS) is 17.9. The predicted molar refractivity (Wildman–Crippen MR) is 71.7 cm³/mol. The fourth-order valence-electron chi connectivity index (χ4n) is 1.76. The number of rotatable bonds is 1. The Kier molecular flexibility index (Phi) is 3.52. The molecule has 1 aliphatic heterocycles. The van der Waals surface area contributed by atoms with Crippen molar-refractivity contribution >= 4 is 22.0 Å². The third kappa shape index (κ3) is 3.16. The number of ether oxygens (including phenoxy) is 2. The summed E-state index contributed by atoms with van der Waals surface area (Å²) >= 11 is 3.41. The number of amides is 1. The molecule has 5 heteroatoms. The van der Waals surface area contributed by atoms with Crippen molar-refractivity contribution in [1.29, 1.82) is 0 Å². The average molecular weight is 314 g/mol. The first kappa shape index (κ1) is 13.2. The molecule has 1 amide bonds. The van der Waals surface area contributed by atoms with Gasteiger partial charge in [0.05, 0.1) is 6.04 Å². The van der Waals surface area contributed by atoms with Gasteiger partial charge >= 0.3 is 6.09 Å². The Balaban J connectivity index is 2.06. The first-order chi connectivity index (χ1) is 8.35. The molecule has 1 N–H and O–H groups in total. The lowest BCUT2D eigenvalue weighted by atomic mass is 10.1. The zero-order valence-corrected chi connectivity index (χ0v) is 12.2. The highest BCUT2D eigenvalue weighted by Gasteiger charge is 2.27. The van der Waals surface area contributed by atoms with E-state index in [9.17, 15) is 4.79 Å². The van der Waals surface area contributed by atoms with Crippen LogP contribution in [-0.4, -0.2) is 18.3 Å². The van der Waals surface area contributed by atoms with Crippen LogP contribution in [0.2, 0.25) is 0 Å². The van der Waals surface area contributed by atoms with E-state index in [1.54, 1.807) is 0 Å². The monoisotopic (exact) mass is 313 g/mol. The molecule has 4 nitrogen and oxygen atoms in total. The van der Waals surface area contributed by atoms with Crippen molar-refractivity contribution in [2.75, 3.05) is 6.61 Å². The van der Waals surface area contributed by atoms with Gasteiger partial charge in [0, 0.05) is 10.0 Å². The molecule has 0 radical (unpaired) electrons. The zero-order valence-electron chi connectivity index (χ0n) is 10.6. The molecule has 1 heterocycles. The summed E-state index contributed by atoms with van der Waals surface area (Å²) in [6.45, 7) is 5.94. The van der Waals surface area contributed by atoms with E-state index in [2.05, 4.69) is 21.2 Å². The summed E-state index contributed by atoms with van der Waals surface area (Å²) in [4.78, 5) is 11.7. The molecule has 0 unspecified atom stereocenters. The van der Waals surface area contributed by atoms with Crippen molar-refractivity contribution in [3.8, 4) is 5.75 Å². The third-order valence-electron chi connectivity index (χ3n) is 2.44. The fraction of sp³-hybridized carbons (Fsp3) is 0.462. The van der Waals surface area contributed by atoms with Crippen LogP contribution in [0.1, 0.15) is 32.4 Å². The molecule has 0 bridgehead atoms. The Morgan fingerprint density at radius 1 is 1.50 bits per heavy atom. The SMILES string of the molecule is CC(C)(C)OC(=O)N[C@@H]1COc2ccc(Br)cc21. The molecule has 0 fully saturated rings. The number of halogens is 1. The van der Waals surface area contributed by atoms with Gasteiger partial charge in [0.2, 0.25) is 0 Å². The van der Waals surface area contributed by atoms with Crippen molar-refractivity contribution in [1.82, 2.24) is 5.32 Å². The quantitative estimate of drug-likeness (QED) is 0.864. The van der Waals surface area contributed by atoms with E-state index >= 15 is 0 Å². The minimum Gasteiger partial charge on any atom is -0.491 e. The molecule has 0 aromatic heterocycles. The van der Waals surface area contributed by atoms with Gasteiger partial charge in [-0.15, -0.1) is 0 Å². The Morgan fingerprint density at radius 2 is 2.22 bits per heavy atom. The van der Waals surface area contributed by atoms with Gasteiger partial charge in [0.1, 0.15) is 18.0 Å². The van der Waals surface area contributed by atoms with E-state index in [4.69, 9.17) is 9.47 Å². The summed E-state index contributed by atoms with van der Waals surface area (Å²) in [6.07, 6.45) is -0.427. The summed E-state index contributed by atoms with van der Waals surface area (Å²) in [6, 6.07) is 5.59. The van der Waals surface area contributed by atoms with Crippen LogP contribution in [0.3, 0.4) is 0 Å². The maximum absolute atomic E-state index is 11.7. The molecule has 98 valence electrons. The minimum atomic E-state index is -0.496. The molecule has 1 aromatic carbocycles. The van der Waals surface area contributed by atoms with E-state index in [0.717, 1.165) is 15.8 Å². The number of hydrogen-bond donors (Lipinski definition) is 1. The molecule has 0 aliphatic carbocycles. The van der Waals surface area contributed by atoms with Crippen LogP contribution < -0.4 is 10.1 Å². The number of fused-ring (bicyclic) bond motifs is 1. The van der Waals surface area contributed by atoms with Crippen molar-refractivity contribution in [2.45, 2.75) is 32.4 Å². The first-order valence-corrected chi connectivity index (χ1v) is 6.56. The molecule has 1 aliphatic rings. The standard InChI is InChI=1S/C13H16BrNO3/c1-13(2,3)18-12(16)15-10-7-17-11-5-4-8(14)6-9(10)11/h4-6,10H,7H2,1-3H3,(H,15,16)/t10-/m1/s1. The van der Waals surface area contributed by atoms with Gasteiger partial charge in [-0.2, -0.15) is 0 Å². The van der Waals surface area contributed by atoms with E-state index in [0.29, 0.717) is 6.61 Å². The van der Waals surface area contributed by atoms with Crippen molar-refractivity contribution in [3.05, 3.63) is 28.2 Å². The van der Waals surface area contributed by atoms with Crippen LogP contribution in [0.25, 0.3) is 0 Å². The second-order valence-electron chi connectivity index (χ2n) is 5.19. The fourth-order valence-corrected chi connectivity index (χ4v) is 2.13. The lowest BCUT2D eigenvalue weighted by Crippen LogP contribution is -2.35. The summed E-state index contributed by atoms with van der Waals surface area (Å²) in [5.41, 5.74) is 0.471. The van der Waals surface area contributed by atoms with Crippen LogP contribution in [0, 0.1) is 0 Å². The molecule has 0 saturated heterocycles. The van der Waals surface area contributed by atoms with Gasteiger partial charge in [-0.05, 0) is 39.0 Å². The lowest BCUT2D eigenvalue weighted by molar-refractivity contribution is 0.0497. The van der Waals surface area contributed by atoms with Crippen LogP contribution >= 0.6 is 15.9 Å². The Bertz CT molecular complexity index is 468. The highest BCUT2D eigenvalue weighted by molar-refractivity contribution is 9.10. The topological polar surface area (TPSA) is 47.6 Å². The van der Waals surface area contributed by atoms with Gasteiger partial charge in [-0.3, -0.25) is 0 Å². The number of hydrogen-bond acceptors (Lipinski definition) is 3. The number of alkyl carbamates (subject to hydrolysis) is 1. The van der Waals surface area contributed by atoms with Crippen LogP contribution in [0.15, 0.2) is 22.7 Å². The average Bonchev–Trinajstić information content (AvgIpc) is 2.58. The Morgan fingerprint density at radius 3 is 2.89 bits per heavy atom. The summed E-state index contributed by atoms with van der Waals surface area (Å²) in [5, 5.41) is 2.81. The highest BCUT2D eigenvalue weighted by Crippen LogP contribution is 2.34. The predicted octanol–water partition coefficient (Wildman–Crippen LogP) is 3.41. The highest BCUT2D eigenvalue weighted by atomic mass is 79.9. The van der Waals surface area contributed by atoms with Gasteiger partial charge in [0.25, 0.3) is 0 Å². The van der Waals surface area contributed by atoms with E-state index < -0.39 is 11.7 Å². The Hall–Kier alpha value is -1.23. The second-order valence-corrected chi connectivity index (χ2v) is 6.11. The van der Waals surface area contributed by atoms with Gasteiger partial charge in [-0.25, -0.2) is 4.79 Å². The Labute approximate surface area is 115 Å². The van der Waals surface area contributed by atoms with Gasteiger partial charge in [-0.1, -0.05) is 15.9 Å².